The zero-order valence-corrected chi connectivity index (χ0v) is 16.9. The number of ketones is 1. The monoisotopic (exact) mass is 400 g/mol. The van der Waals surface area contributed by atoms with Crippen molar-refractivity contribution in [1.29, 1.82) is 0 Å². The molecular weight excluding hydrogens is 380 g/mol. The predicted octanol–water partition coefficient (Wildman–Crippen LogP) is 2.95. The molecule has 2 aliphatic heterocycles. The van der Waals surface area contributed by atoms with Gasteiger partial charge in [-0.15, -0.1) is 0 Å². The molecule has 0 saturated heterocycles. The molecule has 1 aliphatic carbocycles. The Balaban J connectivity index is 1.90. The van der Waals surface area contributed by atoms with E-state index in [0.717, 1.165) is 5.56 Å². The van der Waals surface area contributed by atoms with Crippen molar-refractivity contribution in [2.75, 3.05) is 18.6 Å². The predicted molar refractivity (Wildman–Crippen MR) is 112 cm³/mol. The smallest absolute Gasteiger partial charge is 0.337 e. The van der Waals surface area contributed by atoms with Crippen molar-refractivity contribution in [2.24, 2.45) is 0 Å². The SMILES string of the molecule is CCOC(=O)C1=C(C)NC2=C(C(=O)c3ccccc32)C12C(=O)N(C)c1ccccc12. The molecule has 1 atom stereocenters. The van der Waals surface area contributed by atoms with E-state index in [1.807, 2.05) is 36.4 Å². The molecule has 0 saturated carbocycles. The fourth-order valence-corrected chi connectivity index (χ4v) is 4.98. The summed E-state index contributed by atoms with van der Waals surface area (Å²) < 4.78 is 5.36. The zero-order valence-electron chi connectivity index (χ0n) is 16.9. The Kier molecular flexibility index (Phi) is 3.77. The summed E-state index contributed by atoms with van der Waals surface area (Å²) in [6, 6.07) is 14.6. The standard InChI is InChI=1S/C24H20N2O4/c1-4-30-22(28)18-13(2)25-20-14-9-5-6-10-15(14)21(27)19(20)24(18)16-11-7-8-12-17(16)26(3)23(24)29/h5-12,25H,4H2,1-3H3. The highest BCUT2D eigenvalue weighted by atomic mass is 16.5. The number of rotatable bonds is 2. The number of hydrogen-bond acceptors (Lipinski definition) is 5. The number of amides is 1. The van der Waals surface area contributed by atoms with Gasteiger partial charge in [-0.1, -0.05) is 42.5 Å². The Labute approximate surface area is 173 Å². The number of nitrogens with zero attached hydrogens (tertiary/aromatic N) is 1. The largest absolute Gasteiger partial charge is 0.463 e. The molecular formula is C24H20N2O4. The minimum Gasteiger partial charge on any atom is -0.463 e. The van der Waals surface area contributed by atoms with Gasteiger partial charge in [0.15, 0.2) is 5.78 Å². The first-order valence-electron chi connectivity index (χ1n) is 9.86. The number of esters is 1. The van der Waals surface area contributed by atoms with Gasteiger partial charge < -0.3 is 15.0 Å². The Bertz CT molecular complexity index is 1220. The number of likely N-dealkylation sites (N-methyl/N-ethyl adjacent to an activating group) is 1. The van der Waals surface area contributed by atoms with Crippen LogP contribution in [0.1, 0.15) is 35.3 Å². The van der Waals surface area contributed by atoms with Crippen LogP contribution in [0.5, 0.6) is 0 Å². The lowest BCUT2D eigenvalue weighted by atomic mass is 9.66. The molecule has 0 aromatic heterocycles. The summed E-state index contributed by atoms with van der Waals surface area (Å²) in [6.07, 6.45) is 0. The number of dihydropyridines is 1. The fourth-order valence-electron chi connectivity index (χ4n) is 4.98. The fraction of sp³-hybridized carbons (Fsp3) is 0.208. The average Bonchev–Trinajstić information content (AvgIpc) is 3.14. The number of carbonyl (C=O) groups is 3. The van der Waals surface area contributed by atoms with Gasteiger partial charge in [-0.3, -0.25) is 9.59 Å². The summed E-state index contributed by atoms with van der Waals surface area (Å²) in [5.41, 5.74) is 2.56. The summed E-state index contributed by atoms with van der Waals surface area (Å²) in [5, 5.41) is 3.24. The molecule has 3 aliphatic rings. The van der Waals surface area contributed by atoms with Gasteiger partial charge in [0, 0.05) is 40.7 Å². The molecule has 0 radical (unpaired) electrons. The third-order valence-corrected chi connectivity index (χ3v) is 6.13. The number of carbonyl (C=O) groups excluding carboxylic acids is 3. The molecule has 2 heterocycles. The van der Waals surface area contributed by atoms with Crippen LogP contribution in [0.15, 0.2) is 65.4 Å². The molecule has 2 aromatic rings. The second-order valence-corrected chi connectivity index (χ2v) is 7.60. The van der Waals surface area contributed by atoms with Gasteiger partial charge in [0.25, 0.3) is 0 Å². The maximum atomic E-state index is 13.9. The van der Waals surface area contributed by atoms with E-state index in [4.69, 9.17) is 4.74 Å². The van der Waals surface area contributed by atoms with Gasteiger partial charge >= 0.3 is 5.97 Å². The first-order valence-corrected chi connectivity index (χ1v) is 9.86. The molecule has 0 fully saturated rings. The Morgan fingerprint density at radius 3 is 2.47 bits per heavy atom. The summed E-state index contributed by atoms with van der Waals surface area (Å²) in [7, 11) is 1.67. The number of allylic oxidation sites excluding steroid dienone is 1. The third kappa shape index (κ3) is 2.00. The molecule has 1 N–H and O–H groups in total. The minimum atomic E-state index is -1.54. The van der Waals surface area contributed by atoms with Crippen LogP contribution in [-0.2, 0) is 19.7 Å². The lowest BCUT2D eigenvalue weighted by Gasteiger charge is -2.36. The highest BCUT2D eigenvalue weighted by molar-refractivity contribution is 6.31. The van der Waals surface area contributed by atoms with E-state index in [9.17, 15) is 14.4 Å². The summed E-state index contributed by atoms with van der Waals surface area (Å²) in [6.45, 7) is 3.63. The number of anilines is 1. The maximum Gasteiger partial charge on any atom is 0.337 e. The van der Waals surface area contributed by atoms with Gasteiger partial charge in [0.1, 0.15) is 5.41 Å². The van der Waals surface area contributed by atoms with Crippen molar-refractivity contribution >= 4 is 29.0 Å². The highest BCUT2D eigenvalue weighted by Crippen LogP contribution is 2.56. The van der Waals surface area contributed by atoms with Crippen molar-refractivity contribution in [3.05, 3.63) is 82.1 Å². The van der Waals surface area contributed by atoms with E-state index in [-0.39, 0.29) is 23.9 Å². The molecule has 6 nitrogen and oxygen atoms in total. The first-order chi connectivity index (χ1) is 14.4. The van der Waals surface area contributed by atoms with Crippen LogP contribution in [0, 0.1) is 0 Å². The molecule has 30 heavy (non-hydrogen) atoms. The van der Waals surface area contributed by atoms with Crippen LogP contribution >= 0.6 is 0 Å². The summed E-state index contributed by atoms with van der Waals surface area (Å²) in [5.74, 6) is -1.18. The van der Waals surface area contributed by atoms with E-state index >= 15 is 0 Å². The number of ether oxygens (including phenoxy) is 1. The van der Waals surface area contributed by atoms with Crippen LogP contribution in [0.25, 0.3) is 5.70 Å². The zero-order chi connectivity index (χ0) is 21.2. The molecule has 0 bridgehead atoms. The van der Waals surface area contributed by atoms with Crippen molar-refractivity contribution in [3.8, 4) is 0 Å². The van der Waals surface area contributed by atoms with Crippen LogP contribution in [0.3, 0.4) is 0 Å². The number of Topliss-reactive ketones (excluding diaryl/α,β-unsaturated/α-hetero) is 1. The van der Waals surface area contributed by atoms with E-state index in [2.05, 4.69) is 5.32 Å². The molecule has 2 aromatic carbocycles. The second-order valence-electron chi connectivity index (χ2n) is 7.60. The third-order valence-electron chi connectivity index (χ3n) is 6.13. The maximum absolute atomic E-state index is 13.9. The van der Waals surface area contributed by atoms with Crippen LogP contribution in [0.2, 0.25) is 0 Å². The molecule has 150 valence electrons. The average molecular weight is 400 g/mol. The lowest BCUT2D eigenvalue weighted by Crippen LogP contribution is -2.49. The van der Waals surface area contributed by atoms with Gasteiger partial charge in [-0.2, -0.15) is 0 Å². The van der Waals surface area contributed by atoms with Crippen molar-refractivity contribution in [3.63, 3.8) is 0 Å². The van der Waals surface area contributed by atoms with E-state index in [1.165, 1.54) is 4.90 Å². The molecule has 6 heteroatoms. The number of para-hydroxylation sites is 1. The number of fused-ring (bicyclic) bond motifs is 5. The van der Waals surface area contributed by atoms with Gasteiger partial charge in [0.05, 0.1) is 17.9 Å². The summed E-state index contributed by atoms with van der Waals surface area (Å²) >= 11 is 0. The van der Waals surface area contributed by atoms with Gasteiger partial charge in [-0.05, 0) is 19.9 Å². The normalized spacial score (nSPS) is 21.6. The van der Waals surface area contributed by atoms with Gasteiger partial charge in [-0.25, -0.2) is 4.79 Å². The van der Waals surface area contributed by atoms with Crippen LogP contribution in [0.4, 0.5) is 5.69 Å². The minimum absolute atomic E-state index is 0.164. The molecule has 5 rings (SSSR count). The molecule has 1 amide bonds. The van der Waals surface area contributed by atoms with Crippen molar-refractivity contribution in [2.45, 2.75) is 19.3 Å². The lowest BCUT2D eigenvalue weighted by molar-refractivity contribution is -0.140. The second kappa shape index (κ2) is 6.16. The van der Waals surface area contributed by atoms with Gasteiger partial charge in [0.2, 0.25) is 5.91 Å². The van der Waals surface area contributed by atoms with E-state index in [1.54, 1.807) is 33.0 Å². The number of nitrogens with one attached hydrogen (secondary N) is 1. The number of benzene rings is 2. The molecule has 1 spiro atoms. The first kappa shape index (κ1) is 18.4. The summed E-state index contributed by atoms with van der Waals surface area (Å²) in [4.78, 5) is 42.3. The van der Waals surface area contributed by atoms with Crippen LogP contribution in [-0.4, -0.2) is 31.3 Å². The number of hydrogen-bond donors (Lipinski definition) is 1. The Morgan fingerprint density at radius 1 is 1.07 bits per heavy atom. The quantitative estimate of drug-likeness (QED) is 0.785. The molecule has 1 unspecified atom stereocenters. The van der Waals surface area contributed by atoms with Crippen molar-refractivity contribution < 1.29 is 19.1 Å². The Hall–Kier alpha value is -3.67. The van der Waals surface area contributed by atoms with Crippen molar-refractivity contribution in [1.82, 2.24) is 5.32 Å². The topological polar surface area (TPSA) is 75.7 Å². The Morgan fingerprint density at radius 2 is 1.73 bits per heavy atom. The highest BCUT2D eigenvalue weighted by Gasteiger charge is 2.63. The van der Waals surface area contributed by atoms with E-state index < -0.39 is 11.4 Å². The van der Waals surface area contributed by atoms with E-state index in [0.29, 0.717) is 33.8 Å². The van der Waals surface area contributed by atoms with Crippen LogP contribution < -0.4 is 10.2 Å².